The van der Waals surface area contributed by atoms with Crippen molar-refractivity contribution in [1.82, 2.24) is 5.32 Å². The maximum Gasteiger partial charge on any atom is 0.306 e. The minimum atomic E-state index is -0.378. The average molecular weight is 292 g/mol. The van der Waals surface area contributed by atoms with E-state index in [1.807, 2.05) is 32.9 Å². The number of amides is 1. The molecule has 0 aliphatic carbocycles. The van der Waals surface area contributed by atoms with Crippen molar-refractivity contribution < 1.29 is 14.3 Å². The van der Waals surface area contributed by atoms with Crippen LogP contribution >= 0.6 is 0 Å². The topological polar surface area (TPSA) is 81.4 Å². The number of aryl methyl sites for hydroxylation is 1. The van der Waals surface area contributed by atoms with E-state index in [9.17, 15) is 9.59 Å². The number of nitrogen functional groups attached to an aromatic ring is 1. The highest BCUT2D eigenvalue weighted by Crippen LogP contribution is 2.08. The minimum absolute atomic E-state index is 0.232. The van der Waals surface area contributed by atoms with Gasteiger partial charge in [0.05, 0.1) is 0 Å². The first kappa shape index (κ1) is 17.0. The molecule has 0 bridgehead atoms. The number of nitrogens with two attached hydrogens (primary N) is 1. The molecule has 0 atom stereocenters. The Labute approximate surface area is 125 Å². The first-order chi connectivity index (χ1) is 9.82. The zero-order valence-electron chi connectivity index (χ0n) is 12.9. The van der Waals surface area contributed by atoms with Crippen molar-refractivity contribution >= 4 is 17.6 Å². The molecule has 0 fully saturated rings. The summed E-state index contributed by atoms with van der Waals surface area (Å²) >= 11 is 0. The highest BCUT2D eigenvalue weighted by atomic mass is 16.5. The molecule has 3 N–H and O–H groups in total. The SMILES string of the molecule is CCC(C)(C)NC(=O)COC(=O)CCc1ccc(N)cc1. The van der Waals surface area contributed by atoms with E-state index in [1.165, 1.54) is 0 Å². The van der Waals surface area contributed by atoms with E-state index in [4.69, 9.17) is 10.5 Å². The molecule has 5 heteroatoms. The summed E-state index contributed by atoms with van der Waals surface area (Å²) in [7, 11) is 0. The van der Waals surface area contributed by atoms with Crippen molar-refractivity contribution in [2.75, 3.05) is 12.3 Å². The van der Waals surface area contributed by atoms with E-state index < -0.39 is 0 Å². The smallest absolute Gasteiger partial charge is 0.306 e. The highest BCUT2D eigenvalue weighted by molar-refractivity contribution is 5.81. The summed E-state index contributed by atoms with van der Waals surface area (Å²) in [6.07, 6.45) is 1.62. The van der Waals surface area contributed by atoms with Gasteiger partial charge < -0.3 is 15.8 Å². The van der Waals surface area contributed by atoms with E-state index in [2.05, 4.69) is 5.32 Å². The van der Waals surface area contributed by atoms with Crippen LogP contribution in [0.25, 0.3) is 0 Å². The summed E-state index contributed by atoms with van der Waals surface area (Å²) in [5.74, 6) is -0.654. The Morgan fingerprint density at radius 1 is 1.24 bits per heavy atom. The van der Waals surface area contributed by atoms with Crippen LogP contribution in [0.15, 0.2) is 24.3 Å². The molecule has 0 spiro atoms. The van der Waals surface area contributed by atoms with Crippen LogP contribution in [0.5, 0.6) is 0 Å². The molecule has 0 aromatic heterocycles. The highest BCUT2D eigenvalue weighted by Gasteiger charge is 2.18. The van der Waals surface area contributed by atoms with Gasteiger partial charge in [0.25, 0.3) is 5.91 Å². The molecule has 1 amide bonds. The molecule has 0 heterocycles. The molecular formula is C16H24N2O3. The molecule has 0 radical (unpaired) electrons. The fourth-order valence-corrected chi connectivity index (χ4v) is 1.65. The largest absolute Gasteiger partial charge is 0.456 e. The van der Waals surface area contributed by atoms with Crippen molar-refractivity contribution in [1.29, 1.82) is 0 Å². The molecule has 1 aromatic carbocycles. The Morgan fingerprint density at radius 2 is 1.86 bits per heavy atom. The van der Waals surface area contributed by atoms with Gasteiger partial charge in [-0.2, -0.15) is 0 Å². The molecule has 5 nitrogen and oxygen atoms in total. The van der Waals surface area contributed by atoms with Gasteiger partial charge in [-0.1, -0.05) is 19.1 Å². The van der Waals surface area contributed by atoms with Crippen molar-refractivity contribution in [2.45, 2.75) is 45.6 Å². The number of rotatable bonds is 7. The third kappa shape index (κ3) is 6.79. The molecule has 116 valence electrons. The number of anilines is 1. The van der Waals surface area contributed by atoms with E-state index in [-0.39, 0.29) is 30.4 Å². The first-order valence-electron chi connectivity index (χ1n) is 7.13. The number of carbonyl (C=O) groups excluding carboxylic acids is 2. The fraction of sp³-hybridized carbons (Fsp3) is 0.500. The maximum atomic E-state index is 11.6. The number of carbonyl (C=O) groups is 2. The maximum absolute atomic E-state index is 11.6. The van der Waals surface area contributed by atoms with Crippen LogP contribution in [0.3, 0.4) is 0 Å². The summed E-state index contributed by atoms with van der Waals surface area (Å²) in [6, 6.07) is 7.33. The van der Waals surface area contributed by atoms with E-state index in [1.54, 1.807) is 12.1 Å². The van der Waals surface area contributed by atoms with Gasteiger partial charge in [-0.25, -0.2) is 0 Å². The van der Waals surface area contributed by atoms with Crippen LogP contribution in [0.1, 0.15) is 39.2 Å². The average Bonchev–Trinajstić information content (AvgIpc) is 2.44. The predicted octanol–water partition coefficient (Wildman–Crippen LogP) is 2.05. The normalized spacial score (nSPS) is 11.0. The van der Waals surface area contributed by atoms with Crippen LogP contribution in [-0.4, -0.2) is 24.0 Å². The lowest BCUT2D eigenvalue weighted by Gasteiger charge is -2.24. The van der Waals surface area contributed by atoms with Gasteiger partial charge in [-0.05, 0) is 44.4 Å². The number of nitrogens with one attached hydrogen (secondary N) is 1. The summed E-state index contributed by atoms with van der Waals surface area (Å²) in [5.41, 5.74) is 7.01. The third-order valence-electron chi connectivity index (χ3n) is 3.32. The van der Waals surface area contributed by atoms with Gasteiger partial charge >= 0.3 is 5.97 Å². The van der Waals surface area contributed by atoms with Gasteiger partial charge in [0, 0.05) is 17.6 Å². The summed E-state index contributed by atoms with van der Waals surface area (Å²) in [4.78, 5) is 23.2. The monoisotopic (exact) mass is 292 g/mol. The second-order valence-electron chi connectivity index (χ2n) is 5.69. The Hall–Kier alpha value is -2.04. The molecule has 1 aromatic rings. The van der Waals surface area contributed by atoms with Crippen molar-refractivity contribution in [3.8, 4) is 0 Å². The van der Waals surface area contributed by atoms with Crippen LogP contribution in [-0.2, 0) is 20.7 Å². The third-order valence-corrected chi connectivity index (χ3v) is 3.32. The standard InChI is InChI=1S/C16H24N2O3/c1-4-16(2,3)18-14(19)11-21-15(20)10-7-12-5-8-13(17)9-6-12/h5-6,8-9H,4,7,10-11,17H2,1-3H3,(H,18,19). The summed E-state index contributed by atoms with van der Waals surface area (Å²) in [6.45, 7) is 5.60. The van der Waals surface area contributed by atoms with Crippen LogP contribution in [0.2, 0.25) is 0 Å². The fourth-order valence-electron chi connectivity index (χ4n) is 1.65. The second kappa shape index (κ2) is 7.67. The first-order valence-corrected chi connectivity index (χ1v) is 7.13. The van der Waals surface area contributed by atoms with Gasteiger partial charge in [0.2, 0.25) is 0 Å². The quantitative estimate of drug-likeness (QED) is 0.595. The number of hydrogen-bond donors (Lipinski definition) is 2. The number of hydrogen-bond acceptors (Lipinski definition) is 4. The summed E-state index contributed by atoms with van der Waals surface area (Å²) < 4.78 is 4.96. The van der Waals surface area contributed by atoms with Gasteiger partial charge in [0.1, 0.15) is 0 Å². The Kier molecular flexibility index (Phi) is 6.21. The molecule has 21 heavy (non-hydrogen) atoms. The second-order valence-corrected chi connectivity index (χ2v) is 5.69. The Balaban J connectivity index is 2.28. The molecule has 0 saturated heterocycles. The molecule has 0 aliphatic heterocycles. The zero-order valence-corrected chi connectivity index (χ0v) is 12.9. The summed E-state index contributed by atoms with van der Waals surface area (Å²) in [5, 5.41) is 2.81. The molecule has 0 unspecified atom stereocenters. The lowest BCUT2D eigenvalue weighted by Crippen LogP contribution is -2.44. The van der Waals surface area contributed by atoms with E-state index >= 15 is 0 Å². The van der Waals surface area contributed by atoms with Crippen LogP contribution in [0, 0.1) is 0 Å². The van der Waals surface area contributed by atoms with Crippen molar-refractivity contribution in [2.24, 2.45) is 0 Å². The zero-order chi connectivity index (χ0) is 15.9. The lowest BCUT2D eigenvalue weighted by atomic mass is 10.0. The number of ether oxygens (including phenoxy) is 1. The predicted molar refractivity (Wildman–Crippen MR) is 82.6 cm³/mol. The van der Waals surface area contributed by atoms with Crippen molar-refractivity contribution in [3.63, 3.8) is 0 Å². The lowest BCUT2D eigenvalue weighted by molar-refractivity contribution is -0.149. The Morgan fingerprint density at radius 3 is 2.43 bits per heavy atom. The van der Waals surface area contributed by atoms with Crippen molar-refractivity contribution in [3.05, 3.63) is 29.8 Å². The van der Waals surface area contributed by atoms with E-state index in [0.29, 0.717) is 12.1 Å². The van der Waals surface area contributed by atoms with Gasteiger partial charge in [-0.15, -0.1) is 0 Å². The molecule has 1 rings (SSSR count). The van der Waals surface area contributed by atoms with Gasteiger partial charge in [-0.3, -0.25) is 9.59 Å². The van der Waals surface area contributed by atoms with Gasteiger partial charge in [0.15, 0.2) is 6.61 Å². The number of esters is 1. The van der Waals surface area contributed by atoms with Crippen LogP contribution in [0.4, 0.5) is 5.69 Å². The molecule has 0 saturated carbocycles. The molecular weight excluding hydrogens is 268 g/mol. The molecule has 0 aliphatic rings. The van der Waals surface area contributed by atoms with Crippen LogP contribution < -0.4 is 11.1 Å². The van der Waals surface area contributed by atoms with E-state index in [0.717, 1.165) is 12.0 Å². The minimum Gasteiger partial charge on any atom is -0.456 e. The number of benzene rings is 1. The Bertz CT molecular complexity index is 481.